The lowest BCUT2D eigenvalue weighted by molar-refractivity contribution is -0.114. The van der Waals surface area contributed by atoms with Gasteiger partial charge in [-0.15, -0.1) is 34.9 Å². The third kappa shape index (κ3) is 7.81. The van der Waals surface area contributed by atoms with E-state index in [1.54, 1.807) is 11.8 Å². The lowest BCUT2D eigenvalue weighted by atomic mass is 10.2. The molecule has 1 aromatic heterocycles. The van der Waals surface area contributed by atoms with E-state index in [4.69, 9.17) is 0 Å². The second-order valence-corrected chi connectivity index (χ2v) is 9.05. The summed E-state index contributed by atoms with van der Waals surface area (Å²) in [6.07, 6.45) is 0. The van der Waals surface area contributed by atoms with Crippen molar-refractivity contribution in [2.75, 3.05) is 22.1 Å². The predicted molar refractivity (Wildman–Crippen MR) is 125 cm³/mol. The highest BCUT2D eigenvalue weighted by Crippen LogP contribution is 2.20. The van der Waals surface area contributed by atoms with Gasteiger partial charge in [0.15, 0.2) is 5.13 Å². The number of amides is 2. The summed E-state index contributed by atoms with van der Waals surface area (Å²) in [6.45, 7) is 0. The Morgan fingerprint density at radius 3 is 2.30 bits per heavy atom. The van der Waals surface area contributed by atoms with Gasteiger partial charge in [-0.1, -0.05) is 30.3 Å². The molecule has 0 saturated carbocycles. The first-order valence-corrected chi connectivity index (χ1v) is 12.3. The Morgan fingerprint density at radius 1 is 0.900 bits per heavy atom. The topological polar surface area (TPSA) is 71.1 Å². The Hall–Kier alpha value is -2.36. The van der Waals surface area contributed by atoms with Crippen LogP contribution in [0.2, 0.25) is 0 Å². The monoisotopic (exact) mass is 461 g/mol. The molecule has 0 atom stereocenters. The maximum atomic E-state index is 12.9. The molecular formula is C21H20FN3O2S3. The maximum absolute atomic E-state index is 12.9. The van der Waals surface area contributed by atoms with Crippen molar-refractivity contribution in [2.45, 2.75) is 11.5 Å². The van der Waals surface area contributed by atoms with Crippen molar-refractivity contribution in [1.29, 1.82) is 0 Å². The molecule has 0 radical (unpaired) electrons. The van der Waals surface area contributed by atoms with Crippen LogP contribution in [0.5, 0.6) is 0 Å². The number of anilines is 2. The van der Waals surface area contributed by atoms with Crippen LogP contribution in [0.25, 0.3) is 0 Å². The van der Waals surface area contributed by atoms with E-state index in [0.29, 0.717) is 22.3 Å². The molecule has 9 heteroatoms. The van der Waals surface area contributed by atoms with Crippen molar-refractivity contribution < 1.29 is 14.0 Å². The van der Waals surface area contributed by atoms with Crippen LogP contribution < -0.4 is 10.6 Å². The largest absolute Gasteiger partial charge is 0.325 e. The summed E-state index contributed by atoms with van der Waals surface area (Å²) in [5.74, 6) is 1.38. The van der Waals surface area contributed by atoms with E-state index >= 15 is 0 Å². The highest BCUT2D eigenvalue weighted by Gasteiger charge is 2.09. The lowest BCUT2D eigenvalue weighted by Crippen LogP contribution is -2.14. The molecule has 2 amide bonds. The van der Waals surface area contributed by atoms with Crippen LogP contribution in [0.1, 0.15) is 11.3 Å². The Balaban J connectivity index is 1.33. The standard InChI is InChI=1S/C21H20FN3O2S3/c22-16-6-8-17(9-7-16)23-19(26)13-29-11-18-12-30-21(24-18)25-20(27)14-28-10-15-4-2-1-3-5-15/h1-9,12H,10-11,13-14H2,(H,23,26)(H,24,25,27). The molecule has 156 valence electrons. The number of rotatable bonds is 10. The number of thioether (sulfide) groups is 2. The van der Waals surface area contributed by atoms with Crippen LogP contribution in [0.3, 0.4) is 0 Å². The fourth-order valence-corrected chi connectivity index (χ4v) is 4.74. The molecule has 1 heterocycles. The minimum atomic E-state index is -0.344. The SMILES string of the molecule is O=C(CSCc1csc(NC(=O)CSCc2ccccc2)n1)Nc1ccc(F)cc1. The summed E-state index contributed by atoms with van der Waals surface area (Å²) in [5, 5.41) is 7.96. The number of carbonyl (C=O) groups excluding carboxylic acids is 2. The number of hydrogen-bond donors (Lipinski definition) is 2. The molecule has 0 fully saturated rings. The molecule has 0 unspecified atom stereocenters. The van der Waals surface area contributed by atoms with E-state index in [2.05, 4.69) is 15.6 Å². The van der Waals surface area contributed by atoms with E-state index < -0.39 is 0 Å². The Bertz CT molecular complexity index is 965. The summed E-state index contributed by atoms with van der Waals surface area (Å²) >= 11 is 4.35. The summed E-state index contributed by atoms with van der Waals surface area (Å²) in [6, 6.07) is 15.6. The van der Waals surface area contributed by atoms with Crippen molar-refractivity contribution in [3.63, 3.8) is 0 Å². The third-order valence-electron chi connectivity index (χ3n) is 3.75. The number of hydrogen-bond acceptors (Lipinski definition) is 6. The molecule has 30 heavy (non-hydrogen) atoms. The van der Waals surface area contributed by atoms with E-state index in [9.17, 15) is 14.0 Å². The first kappa shape index (κ1) is 22.3. The molecule has 0 spiro atoms. The predicted octanol–water partition coefficient (Wildman–Crippen LogP) is 5.03. The summed E-state index contributed by atoms with van der Waals surface area (Å²) in [5.41, 5.74) is 2.56. The van der Waals surface area contributed by atoms with Crippen LogP contribution in [-0.2, 0) is 21.1 Å². The molecule has 2 N–H and O–H groups in total. The fourth-order valence-electron chi connectivity index (χ4n) is 2.40. The number of halogens is 1. The number of thiazole rings is 1. The number of carbonyl (C=O) groups is 2. The van der Waals surface area contributed by atoms with E-state index in [1.807, 2.05) is 35.7 Å². The van der Waals surface area contributed by atoms with Gasteiger partial charge in [0.1, 0.15) is 5.82 Å². The van der Waals surface area contributed by atoms with Crippen LogP contribution >= 0.6 is 34.9 Å². The smallest absolute Gasteiger partial charge is 0.236 e. The minimum Gasteiger partial charge on any atom is -0.325 e. The second kappa shape index (κ2) is 11.7. The molecule has 0 saturated heterocycles. The fraction of sp³-hybridized carbons (Fsp3) is 0.190. The number of benzene rings is 2. The van der Waals surface area contributed by atoms with Crippen molar-refractivity contribution in [3.8, 4) is 0 Å². The molecule has 0 aliphatic heterocycles. The summed E-state index contributed by atoms with van der Waals surface area (Å²) in [4.78, 5) is 28.4. The molecule has 3 aromatic rings. The zero-order chi connectivity index (χ0) is 21.2. The molecule has 0 bridgehead atoms. The molecular weight excluding hydrogens is 441 g/mol. The van der Waals surface area contributed by atoms with Crippen molar-refractivity contribution in [2.24, 2.45) is 0 Å². The first-order chi connectivity index (χ1) is 14.6. The van der Waals surface area contributed by atoms with Crippen LogP contribution in [0.15, 0.2) is 60.0 Å². The van der Waals surface area contributed by atoms with Gasteiger partial charge in [-0.2, -0.15) is 0 Å². The van der Waals surface area contributed by atoms with Crippen LogP contribution in [0, 0.1) is 5.82 Å². The average Bonchev–Trinajstić information content (AvgIpc) is 3.17. The van der Waals surface area contributed by atoms with Crippen molar-refractivity contribution >= 4 is 57.5 Å². The average molecular weight is 462 g/mol. The van der Waals surface area contributed by atoms with Gasteiger partial charge in [-0.25, -0.2) is 9.37 Å². The summed E-state index contributed by atoms with van der Waals surface area (Å²) < 4.78 is 12.9. The Morgan fingerprint density at radius 2 is 1.57 bits per heavy atom. The van der Waals surface area contributed by atoms with Crippen LogP contribution in [0.4, 0.5) is 15.2 Å². The number of aromatic nitrogens is 1. The van der Waals surface area contributed by atoms with Gasteiger partial charge in [0.05, 0.1) is 17.2 Å². The normalized spacial score (nSPS) is 10.6. The molecule has 0 aliphatic rings. The van der Waals surface area contributed by atoms with Crippen LogP contribution in [-0.4, -0.2) is 28.3 Å². The van der Waals surface area contributed by atoms with Gasteiger partial charge in [0.25, 0.3) is 0 Å². The van der Waals surface area contributed by atoms with Gasteiger partial charge in [-0.05, 0) is 29.8 Å². The third-order valence-corrected chi connectivity index (χ3v) is 6.53. The van der Waals surface area contributed by atoms with Gasteiger partial charge in [0.2, 0.25) is 11.8 Å². The van der Waals surface area contributed by atoms with Gasteiger partial charge < -0.3 is 10.6 Å². The highest BCUT2D eigenvalue weighted by atomic mass is 32.2. The molecule has 0 aliphatic carbocycles. The minimum absolute atomic E-state index is 0.0804. The lowest BCUT2D eigenvalue weighted by Gasteiger charge is -2.04. The first-order valence-electron chi connectivity index (χ1n) is 9.07. The number of nitrogens with zero attached hydrogens (tertiary/aromatic N) is 1. The zero-order valence-electron chi connectivity index (χ0n) is 16.0. The van der Waals surface area contributed by atoms with Gasteiger partial charge in [-0.3, -0.25) is 9.59 Å². The molecule has 5 nitrogen and oxygen atoms in total. The van der Waals surface area contributed by atoms with E-state index in [0.717, 1.165) is 11.4 Å². The van der Waals surface area contributed by atoms with E-state index in [-0.39, 0.29) is 23.4 Å². The Kier molecular flexibility index (Phi) is 8.73. The number of nitrogens with one attached hydrogen (secondary N) is 2. The zero-order valence-corrected chi connectivity index (χ0v) is 18.4. The van der Waals surface area contributed by atoms with E-state index in [1.165, 1.54) is 52.9 Å². The Labute approximate surface area is 186 Å². The second-order valence-electron chi connectivity index (χ2n) is 6.22. The molecule has 2 aromatic carbocycles. The maximum Gasteiger partial charge on any atom is 0.236 e. The highest BCUT2D eigenvalue weighted by molar-refractivity contribution is 7.99. The summed E-state index contributed by atoms with van der Waals surface area (Å²) in [7, 11) is 0. The van der Waals surface area contributed by atoms with Gasteiger partial charge in [0, 0.05) is 22.6 Å². The van der Waals surface area contributed by atoms with Crippen molar-refractivity contribution in [1.82, 2.24) is 4.98 Å². The molecule has 3 rings (SSSR count). The van der Waals surface area contributed by atoms with Crippen molar-refractivity contribution in [3.05, 3.63) is 77.1 Å². The van der Waals surface area contributed by atoms with Gasteiger partial charge >= 0.3 is 0 Å². The quantitative estimate of drug-likeness (QED) is 0.443.